The summed E-state index contributed by atoms with van der Waals surface area (Å²) in [6.07, 6.45) is 5.57. The van der Waals surface area contributed by atoms with Crippen LogP contribution in [0.2, 0.25) is 0 Å². The summed E-state index contributed by atoms with van der Waals surface area (Å²) < 4.78 is 0. The third-order valence-corrected chi connectivity index (χ3v) is 4.26. The Balaban J connectivity index is 1.68. The highest BCUT2D eigenvalue weighted by Gasteiger charge is 2.20. The number of nitrogens with one attached hydrogen (secondary N) is 2. The predicted octanol–water partition coefficient (Wildman–Crippen LogP) is 2.38. The lowest BCUT2D eigenvalue weighted by atomic mass is 10.0. The molecule has 0 saturated carbocycles. The van der Waals surface area contributed by atoms with Gasteiger partial charge in [0.15, 0.2) is 0 Å². The smallest absolute Gasteiger partial charge is 0.252 e. The second-order valence-electron chi connectivity index (χ2n) is 5.58. The van der Waals surface area contributed by atoms with Gasteiger partial charge in [-0.3, -0.25) is 4.79 Å². The molecule has 0 bridgehead atoms. The van der Waals surface area contributed by atoms with Crippen molar-refractivity contribution in [3.8, 4) is 0 Å². The van der Waals surface area contributed by atoms with Crippen LogP contribution in [0.15, 0.2) is 30.5 Å². The highest BCUT2D eigenvalue weighted by molar-refractivity contribution is 6.06. The quantitative estimate of drug-likeness (QED) is 0.900. The summed E-state index contributed by atoms with van der Waals surface area (Å²) in [4.78, 5) is 17.8. The molecule has 1 atom stereocenters. The summed E-state index contributed by atoms with van der Waals surface area (Å²) in [5.41, 5.74) is 1.76. The number of amides is 1. The maximum absolute atomic E-state index is 12.4. The normalized spacial score (nSPS) is 20.1. The van der Waals surface area contributed by atoms with E-state index in [9.17, 15) is 4.79 Å². The Kier molecular flexibility index (Phi) is 3.74. The average Bonchev–Trinajstić information content (AvgIpc) is 2.94. The van der Waals surface area contributed by atoms with Crippen molar-refractivity contribution >= 4 is 16.8 Å². The van der Waals surface area contributed by atoms with E-state index in [4.69, 9.17) is 0 Å². The molecule has 1 fully saturated rings. The lowest BCUT2D eigenvalue weighted by Crippen LogP contribution is -2.44. The summed E-state index contributed by atoms with van der Waals surface area (Å²) in [6, 6.07) is 8.22. The van der Waals surface area contributed by atoms with E-state index in [0.717, 1.165) is 29.6 Å². The van der Waals surface area contributed by atoms with Crippen molar-refractivity contribution in [1.82, 2.24) is 15.2 Å². The number of benzene rings is 1. The number of aromatic nitrogens is 1. The summed E-state index contributed by atoms with van der Waals surface area (Å²) in [7, 11) is 2.14. The third-order valence-electron chi connectivity index (χ3n) is 4.26. The standard InChI is InChI=1S/C16H21N3O/c1-19-10-3-2-5-12(19)11-18-16(20)14-6-4-7-15-13(14)8-9-17-15/h4,6-9,12,17H,2-3,5,10-11H2,1H3,(H,18,20). The molecule has 1 unspecified atom stereocenters. The maximum atomic E-state index is 12.4. The van der Waals surface area contributed by atoms with Crippen LogP contribution < -0.4 is 5.32 Å². The summed E-state index contributed by atoms with van der Waals surface area (Å²) >= 11 is 0. The van der Waals surface area contributed by atoms with Gasteiger partial charge in [-0.1, -0.05) is 12.5 Å². The predicted molar refractivity (Wildman–Crippen MR) is 80.9 cm³/mol. The zero-order valence-electron chi connectivity index (χ0n) is 11.9. The Hall–Kier alpha value is -1.81. The van der Waals surface area contributed by atoms with E-state index >= 15 is 0 Å². The number of H-pyrrole nitrogens is 1. The van der Waals surface area contributed by atoms with E-state index in [0.29, 0.717) is 6.04 Å². The van der Waals surface area contributed by atoms with Crippen molar-refractivity contribution < 1.29 is 4.79 Å². The van der Waals surface area contributed by atoms with Gasteiger partial charge in [0.2, 0.25) is 0 Å². The Morgan fingerprint density at radius 3 is 3.15 bits per heavy atom. The van der Waals surface area contributed by atoms with Crippen LogP contribution in [0.25, 0.3) is 10.9 Å². The highest BCUT2D eigenvalue weighted by atomic mass is 16.1. The second-order valence-corrected chi connectivity index (χ2v) is 5.58. The number of aromatic amines is 1. The Morgan fingerprint density at radius 2 is 2.30 bits per heavy atom. The van der Waals surface area contributed by atoms with Gasteiger partial charge in [0.1, 0.15) is 0 Å². The number of carbonyl (C=O) groups is 1. The van der Waals surface area contributed by atoms with Crippen molar-refractivity contribution in [3.63, 3.8) is 0 Å². The number of piperidine rings is 1. The third kappa shape index (κ3) is 2.56. The largest absolute Gasteiger partial charge is 0.361 e. The molecule has 3 rings (SSSR count). The fourth-order valence-electron chi connectivity index (χ4n) is 2.99. The first-order chi connectivity index (χ1) is 9.75. The van der Waals surface area contributed by atoms with Gasteiger partial charge in [-0.15, -0.1) is 0 Å². The topological polar surface area (TPSA) is 48.1 Å². The van der Waals surface area contributed by atoms with Crippen LogP contribution in [0.3, 0.4) is 0 Å². The molecule has 0 aliphatic carbocycles. The van der Waals surface area contributed by atoms with Gasteiger partial charge in [0.25, 0.3) is 5.91 Å². The van der Waals surface area contributed by atoms with Crippen LogP contribution in [-0.4, -0.2) is 42.0 Å². The molecule has 20 heavy (non-hydrogen) atoms. The van der Waals surface area contributed by atoms with E-state index in [1.165, 1.54) is 19.3 Å². The number of likely N-dealkylation sites (tertiary alicyclic amines) is 1. The zero-order chi connectivity index (χ0) is 13.9. The fraction of sp³-hybridized carbons (Fsp3) is 0.438. The molecule has 1 saturated heterocycles. The fourth-order valence-corrected chi connectivity index (χ4v) is 2.99. The minimum atomic E-state index is 0.0224. The van der Waals surface area contributed by atoms with Gasteiger partial charge in [-0.2, -0.15) is 0 Å². The maximum Gasteiger partial charge on any atom is 0.252 e. The molecule has 0 radical (unpaired) electrons. The van der Waals surface area contributed by atoms with Crippen LogP contribution in [0, 0.1) is 0 Å². The van der Waals surface area contributed by atoms with Crippen LogP contribution >= 0.6 is 0 Å². The van der Waals surface area contributed by atoms with Crippen LogP contribution in [0.4, 0.5) is 0 Å². The van der Waals surface area contributed by atoms with E-state index in [1.807, 2.05) is 30.5 Å². The van der Waals surface area contributed by atoms with Gasteiger partial charge in [-0.25, -0.2) is 0 Å². The molecule has 4 nitrogen and oxygen atoms in total. The van der Waals surface area contributed by atoms with Crippen LogP contribution in [0.5, 0.6) is 0 Å². The SMILES string of the molecule is CN1CCCCC1CNC(=O)c1cccc2[nH]ccc12. The van der Waals surface area contributed by atoms with Gasteiger partial charge in [-0.05, 0) is 44.6 Å². The first-order valence-corrected chi connectivity index (χ1v) is 7.30. The molecule has 1 aromatic carbocycles. The molecule has 1 aromatic heterocycles. The molecule has 106 valence electrons. The number of hydrogen-bond acceptors (Lipinski definition) is 2. The first kappa shape index (κ1) is 13.2. The molecular weight excluding hydrogens is 250 g/mol. The first-order valence-electron chi connectivity index (χ1n) is 7.30. The summed E-state index contributed by atoms with van der Waals surface area (Å²) in [6.45, 7) is 1.87. The number of likely N-dealkylation sites (N-methyl/N-ethyl adjacent to an activating group) is 1. The van der Waals surface area contributed by atoms with E-state index < -0.39 is 0 Å². The summed E-state index contributed by atoms with van der Waals surface area (Å²) in [5.74, 6) is 0.0224. The van der Waals surface area contributed by atoms with Crippen LogP contribution in [0.1, 0.15) is 29.6 Å². The minimum absolute atomic E-state index is 0.0224. The van der Waals surface area contributed by atoms with Crippen molar-refractivity contribution in [2.24, 2.45) is 0 Å². The monoisotopic (exact) mass is 271 g/mol. The molecule has 2 heterocycles. The number of carbonyl (C=O) groups excluding carboxylic acids is 1. The Morgan fingerprint density at radius 1 is 1.40 bits per heavy atom. The van der Waals surface area contributed by atoms with Gasteiger partial charge in [0, 0.05) is 35.2 Å². The molecule has 2 N–H and O–H groups in total. The van der Waals surface area contributed by atoms with E-state index in [2.05, 4.69) is 22.2 Å². The van der Waals surface area contributed by atoms with E-state index in [-0.39, 0.29) is 5.91 Å². The van der Waals surface area contributed by atoms with Crippen LogP contribution in [-0.2, 0) is 0 Å². The Bertz CT molecular complexity index is 605. The zero-order valence-corrected chi connectivity index (χ0v) is 11.9. The Labute approximate surface area is 119 Å². The number of hydrogen-bond donors (Lipinski definition) is 2. The molecular formula is C16H21N3O. The lowest BCUT2D eigenvalue weighted by Gasteiger charge is -2.32. The average molecular weight is 271 g/mol. The molecule has 0 spiro atoms. The van der Waals surface area contributed by atoms with Crippen molar-refractivity contribution in [2.75, 3.05) is 20.1 Å². The van der Waals surface area contributed by atoms with Crippen molar-refractivity contribution in [1.29, 1.82) is 0 Å². The molecule has 1 amide bonds. The number of fused-ring (bicyclic) bond motifs is 1. The lowest BCUT2D eigenvalue weighted by molar-refractivity contribution is 0.0930. The van der Waals surface area contributed by atoms with Crippen molar-refractivity contribution in [2.45, 2.75) is 25.3 Å². The summed E-state index contributed by atoms with van der Waals surface area (Å²) in [5, 5.41) is 4.07. The molecule has 4 heteroatoms. The molecule has 1 aliphatic heterocycles. The highest BCUT2D eigenvalue weighted by Crippen LogP contribution is 2.18. The van der Waals surface area contributed by atoms with Gasteiger partial charge < -0.3 is 15.2 Å². The van der Waals surface area contributed by atoms with Gasteiger partial charge >= 0.3 is 0 Å². The number of nitrogens with zero attached hydrogens (tertiary/aromatic N) is 1. The van der Waals surface area contributed by atoms with Gasteiger partial charge in [0.05, 0.1) is 0 Å². The second kappa shape index (κ2) is 5.67. The van der Waals surface area contributed by atoms with Crippen molar-refractivity contribution in [3.05, 3.63) is 36.0 Å². The molecule has 1 aliphatic rings. The minimum Gasteiger partial charge on any atom is -0.361 e. The molecule has 2 aromatic rings. The van der Waals surface area contributed by atoms with E-state index in [1.54, 1.807) is 0 Å². The number of rotatable bonds is 3.